The highest BCUT2D eigenvalue weighted by Crippen LogP contribution is 2.29. The minimum atomic E-state index is -0.288. The van der Waals surface area contributed by atoms with E-state index in [1.807, 2.05) is 60.8 Å². The van der Waals surface area contributed by atoms with E-state index in [9.17, 15) is 14.9 Å². The van der Waals surface area contributed by atoms with Crippen molar-refractivity contribution in [2.75, 3.05) is 5.32 Å². The van der Waals surface area contributed by atoms with E-state index >= 15 is 0 Å². The molecule has 1 aromatic heterocycles. The van der Waals surface area contributed by atoms with Gasteiger partial charge >= 0.3 is 0 Å². The summed E-state index contributed by atoms with van der Waals surface area (Å²) in [5.41, 5.74) is 5.05. The molecule has 4 rings (SSSR count). The molecule has 0 aliphatic heterocycles. The van der Waals surface area contributed by atoms with Crippen LogP contribution in [0.15, 0.2) is 78.2 Å². The minimum Gasteiger partial charge on any atom is -0.350 e. The Labute approximate surface area is 201 Å². The first-order valence-corrected chi connectivity index (χ1v) is 11.6. The van der Waals surface area contributed by atoms with Gasteiger partial charge in [0.05, 0.1) is 23.4 Å². The highest BCUT2D eigenvalue weighted by molar-refractivity contribution is 7.14. The Morgan fingerprint density at radius 2 is 1.65 bits per heavy atom. The first-order valence-electron chi connectivity index (χ1n) is 10.7. The number of nitriles is 1. The third-order valence-electron chi connectivity index (χ3n) is 5.36. The lowest BCUT2D eigenvalue weighted by Gasteiger charge is -2.13. The Balaban J connectivity index is 1.53. The summed E-state index contributed by atoms with van der Waals surface area (Å²) < 4.78 is 0. The number of thiazole rings is 1. The quantitative estimate of drug-likeness (QED) is 0.375. The predicted molar refractivity (Wildman–Crippen MR) is 134 cm³/mol. The van der Waals surface area contributed by atoms with E-state index in [-0.39, 0.29) is 17.9 Å². The van der Waals surface area contributed by atoms with Gasteiger partial charge in [-0.2, -0.15) is 5.26 Å². The molecule has 0 radical (unpaired) electrons. The topological polar surface area (TPSA) is 94.9 Å². The van der Waals surface area contributed by atoms with Crippen molar-refractivity contribution in [3.05, 3.63) is 94.9 Å². The SMILES string of the molecule is CC(=O)NC(C)c1ccc(-c2csc(NC(=O)c3ccccc3-c3ccccc3C#N)n2)cc1. The second kappa shape index (κ2) is 10.1. The summed E-state index contributed by atoms with van der Waals surface area (Å²) in [7, 11) is 0. The van der Waals surface area contributed by atoms with Crippen molar-refractivity contribution in [3.63, 3.8) is 0 Å². The zero-order valence-electron chi connectivity index (χ0n) is 18.7. The molecule has 168 valence electrons. The number of aromatic nitrogens is 1. The van der Waals surface area contributed by atoms with Crippen molar-refractivity contribution in [2.24, 2.45) is 0 Å². The smallest absolute Gasteiger partial charge is 0.258 e. The second-order valence-corrected chi connectivity index (χ2v) is 8.60. The molecule has 1 unspecified atom stereocenters. The molecule has 0 aliphatic rings. The van der Waals surface area contributed by atoms with Gasteiger partial charge in [-0.25, -0.2) is 4.98 Å². The number of nitrogens with one attached hydrogen (secondary N) is 2. The zero-order chi connectivity index (χ0) is 24.1. The molecule has 3 aromatic carbocycles. The third kappa shape index (κ3) is 5.03. The first kappa shape index (κ1) is 22.9. The lowest BCUT2D eigenvalue weighted by molar-refractivity contribution is -0.119. The summed E-state index contributed by atoms with van der Waals surface area (Å²) >= 11 is 1.34. The number of benzene rings is 3. The molecule has 6 nitrogen and oxygen atoms in total. The van der Waals surface area contributed by atoms with Gasteiger partial charge in [-0.15, -0.1) is 11.3 Å². The summed E-state index contributed by atoms with van der Waals surface area (Å²) in [4.78, 5) is 28.9. The van der Waals surface area contributed by atoms with E-state index in [4.69, 9.17) is 0 Å². The monoisotopic (exact) mass is 466 g/mol. The van der Waals surface area contributed by atoms with Crippen LogP contribution in [-0.2, 0) is 4.79 Å². The number of anilines is 1. The summed E-state index contributed by atoms with van der Waals surface area (Å²) in [5, 5.41) is 17.6. The van der Waals surface area contributed by atoms with Crippen LogP contribution in [-0.4, -0.2) is 16.8 Å². The minimum absolute atomic E-state index is 0.0749. The van der Waals surface area contributed by atoms with Gasteiger partial charge < -0.3 is 5.32 Å². The van der Waals surface area contributed by atoms with Crippen LogP contribution < -0.4 is 10.6 Å². The molecule has 0 saturated carbocycles. The van der Waals surface area contributed by atoms with Gasteiger partial charge in [-0.1, -0.05) is 60.7 Å². The second-order valence-electron chi connectivity index (χ2n) is 7.74. The Morgan fingerprint density at radius 3 is 2.35 bits per heavy atom. The fraction of sp³-hybridized carbons (Fsp3) is 0.111. The average Bonchev–Trinajstić information content (AvgIpc) is 3.32. The highest BCUT2D eigenvalue weighted by atomic mass is 32.1. The normalized spacial score (nSPS) is 11.3. The Kier molecular flexibility index (Phi) is 6.81. The molecule has 2 N–H and O–H groups in total. The largest absolute Gasteiger partial charge is 0.350 e. The van der Waals surface area contributed by atoms with Crippen LogP contribution in [0.2, 0.25) is 0 Å². The molecule has 34 heavy (non-hydrogen) atoms. The van der Waals surface area contributed by atoms with Crippen LogP contribution in [0.5, 0.6) is 0 Å². The molecule has 0 bridgehead atoms. The van der Waals surface area contributed by atoms with E-state index in [1.165, 1.54) is 18.3 Å². The molecule has 0 aliphatic carbocycles. The summed E-state index contributed by atoms with van der Waals surface area (Å²) in [6.07, 6.45) is 0. The number of rotatable bonds is 6. The van der Waals surface area contributed by atoms with Gasteiger partial charge in [0.25, 0.3) is 5.91 Å². The van der Waals surface area contributed by atoms with E-state index < -0.39 is 0 Å². The molecule has 1 atom stereocenters. The van der Waals surface area contributed by atoms with Gasteiger partial charge in [-0.05, 0) is 30.2 Å². The van der Waals surface area contributed by atoms with Crippen LogP contribution in [0.1, 0.15) is 41.4 Å². The fourth-order valence-electron chi connectivity index (χ4n) is 3.69. The van der Waals surface area contributed by atoms with Crippen LogP contribution in [0.3, 0.4) is 0 Å². The molecular weight excluding hydrogens is 444 g/mol. The predicted octanol–water partition coefficient (Wildman–Crippen LogP) is 5.80. The van der Waals surface area contributed by atoms with Crippen molar-refractivity contribution in [1.82, 2.24) is 10.3 Å². The van der Waals surface area contributed by atoms with Crippen molar-refractivity contribution >= 4 is 28.3 Å². The highest BCUT2D eigenvalue weighted by Gasteiger charge is 2.16. The lowest BCUT2D eigenvalue weighted by atomic mass is 9.95. The van der Waals surface area contributed by atoms with E-state index in [2.05, 4.69) is 21.7 Å². The number of carbonyl (C=O) groups excluding carboxylic acids is 2. The number of carbonyl (C=O) groups is 2. The Morgan fingerprint density at radius 1 is 0.971 bits per heavy atom. The fourth-order valence-corrected chi connectivity index (χ4v) is 4.41. The van der Waals surface area contributed by atoms with Crippen molar-refractivity contribution in [3.8, 4) is 28.5 Å². The van der Waals surface area contributed by atoms with Crippen LogP contribution in [0, 0.1) is 11.3 Å². The Hall–Kier alpha value is -4.28. The summed E-state index contributed by atoms with van der Waals surface area (Å²) in [5.74, 6) is -0.363. The summed E-state index contributed by atoms with van der Waals surface area (Å²) in [6.45, 7) is 3.43. The third-order valence-corrected chi connectivity index (χ3v) is 6.12. The van der Waals surface area contributed by atoms with Gasteiger partial charge in [0.2, 0.25) is 5.91 Å². The van der Waals surface area contributed by atoms with Crippen molar-refractivity contribution in [1.29, 1.82) is 5.26 Å². The molecule has 1 heterocycles. The molecule has 0 fully saturated rings. The Bertz CT molecular complexity index is 1390. The molecular formula is C27H22N4O2S. The van der Waals surface area contributed by atoms with Gasteiger partial charge in [0, 0.05) is 29.0 Å². The van der Waals surface area contributed by atoms with Crippen molar-refractivity contribution in [2.45, 2.75) is 19.9 Å². The molecule has 4 aromatic rings. The van der Waals surface area contributed by atoms with E-state index in [1.54, 1.807) is 24.3 Å². The van der Waals surface area contributed by atoms with Crippen molar-refractivity contribution < 1.29 is 9.59 Å². The van der Waals surface area contributed by atoms with Gasteiger partial charge in [0.1, 0.15) is 0 Å². The van der Waals surface area contributed by atoms with Crippen LogP contribution in [0.25, 0.3) is 22.4 Å². The molecule has 0 saturated heterocycles. The number of amides is 2. The molecule has 2 amide bonds. The van der Waals surface area contributed by atoms with Gasteiger partial charge in [0.15, 0.2) is 5.13 Å². The molecule has 0 spiro atoms. The number of hydrogen-bond donors (Lipinski definition) is 2. The lowest BCUT2D eigenvalue weighted by Crippen LogP contribution is -2.23. The van der Waals surface area contributed by atoms with Crippen LogP contribution in [0.4, 0.5) is 5.13 Å². The van der Waals surface area contributed by atoms with Gasteiger partial charge in [-0.3, -0.25) is 14.9 Å². The average molecular weight is 467 g/mol. The van der Waals surface area contributed by atoms with E-state index in [0.717, 1.165) is 16.8 Å². The maximum atomic E-state index is 13.1. The molecule has 7 heteroatoms. The van der Waals surface area contributed by atoms with E-state index in [0.29, 0.717) is 27.4 Å². The standard InChI is InChI=1S/C27H22N4O2S/c1-17(29-18(2)32)19-11-13-20(14-12-19)25-16-34-27(30-25)31-26(33)24-10-6-5-9-23(24)22-8-4-3-7-21(22)15-28/h3-14,16-17H,1-2H3,(H,29,32)(H,30,31,33). The maximum Gasteiger partial charge on any atom is 0.258 e. The summed E-state index contributed by atoms with van der Waals surface area (Å²) in [6, 6.07) is 24.3. The van der Waals surface area contributed by atoms with Crippen LogP contribution >= 0.6 is 11.3 Å². The zero-order valence-corrected chi connectivity index (χ0v) is 19.5. The number of nitrogens with zero attached hydrogens (tertiary/aromatic N) is 2. The maximum absolute atomic E-state index is 13.1. The number of hydrogen-bond acceptors (Lipinski definition) is 5. The first-order chi connectivity index (χ1) is 16.5.